The van der Waals surface area contributed by atoms with Gasteiger partial charge in [-0.05, 0) is 122 Å². The van der Waals surface area contributed by atoms with Crippen LogP contribution in [0.15, 0.2) is 118 Å². The number of hydrogen-bond donors (Lipinski definition) is 2. The Labute approximate surface area is 500 Å². The highest BCUT2D eigenvalue weighted by Crippen LogP contribution is 2.46. The molecule has 3 aliphatic heterocycles. The Hall–Kier alpha value is -5.10. The van der Waals surface area contributed by atoms with Gasteiger partial charge in [0.05, 0.1) is 46.9 Å². The number of nitrogens with one attached hydrogen (secondary N) is 2. The summed E-state index contributed by atoms with van der Waals surface area (Å²) in [5.74, 6) is 1.84. The van der Waals surface area contributed by atoms with Crippen molar-refractivity contribution in [3.63, 3.8) is 0 Å². The summed E-state index contributed by atoms with van der Waals surface area (Å²) in [5, 5.41) is 0. The van der Waals surface area contributed by atoms with Crippen LogP contribution >= 0.6 is 0 Å². The largest absolute Gasteiger partial charge is 0.494 e. The fourth-order valence-electron chi connectivity index (χ4n) is 13.8. The molecule has 4 aromatic rings. The summed E-state index contributed by atoms with van der Waals surface area (Å²) in [5.41, 5.74) is 12.7. The first kappa shape index (κ1) is 64.5. The number of benzene rings is 2. The summed E-state index contributed by atoms with van der Waals surface area (Å²) in [6.45, 7) is 15.4. The molecule has 8 bridgehead atoms. The van der Waals surface area contributed by atoms with E-state index in [0.29, 0.717) is 0 Å². The number of aromatic nitrogens is 2. The first-order valence-electron chi connectivity index (χ1n) is 34.3. The maximum Gasteiger partial charge on any atom is 0.119 e. The summed E-state index contributed by atoms with van der Waals surface area (Å²) >= 11 is 0. The molecule has 0 unspecified atom stereocenters. The van der Waals surface area contributed by atoms with Gasteiger partial charge in [-0.1, -0.05) is 258 Å². The van der Waals surface area contributed by atoms with E-state index in [9.17, 15) is 0 Å². The summed E-state index contributed by atoms with van der Waals surface area (Å²) < 4.78 is 12.8. The lowest BCUT2D eigenvalue weighted by atomic mass is 9.72. The van der Waals surface area contributed by atoms with Crippen LogP contribution in [0.3, 0.4) is 0 Å². The van der Waals surface area contributed by atoms with Crippen molar-refractivity contribution in [1.82, 2.24) is 9.97 Å². The number of ether oxygens (including phenoxy) is 2. The van der Waals surface area contributed by atoms with E-state index in [2.05, 4.69) is 149 Å². The normalized spacial score (nSPS) is 17.0. The highest BCUT2D eigenvalue weighted by molar-refractivity contribution is 6.32. The predicted molar refractivity (Wildman–Crippen MR) is 354 cm³/mol. The van der Waals surface area contributed by atoms with Crippen LogP contribution in [0.25, 0.3) is 11.1 Å². The highest BCUT2D eigenvalue weighted by Gasteiger charge is 2.42. The molecule has 0 radical (unpaired) electrons. The number of rotatable bonds is 42. The summed E-state index contributed by atoms with van der Waals surface area (Å²) in [6, 6.07) is 27.0. The minimum absolute atomic E-state index is 0.213. The zero-order valence-electron chi connectivity index (χ0n) is 52.8. The van der Waals surface area contributed by atoms with Crippen LogP contribution in [-0.4, -0.2) is 34.6 Å². The van der Waals surface area contributed by atoms with Gasteiger partial charge >= 0.3 is 0 Å². The number of H-pyrrole nitrogens is 2. The van der Waals surface area contributed by atoms with E-state index in [-0.39, 0.29) is 10.8 Å². The zero-order chi connectivity index (χ0) is 57.5. The lowest BCUT2D eigenvalue weighted by Crippen LogP contribution is -2.35. The van der Waals surface area contributed by atoms with E-state index >= 15 is 0 Å². The Kier molecular flexibility index (Phi) is 28.2. The van der Waals surface area contributed by atoms with Gasteiger partial charge in [-0.15, -0.1) is 0 Å². The first-order valence-corrected chi connectivity index (χ1v) is 34.3. The van der Waals surface area contributed by atoms with Crippen LogP contribution in [0.4, 0.5) is 0 Å². The summed E-state index contributed by atoms with van der Waals surface area (Å²) in [7, 11) is 0. The van der Waals surface area contributed by atoms with E-state index in [1.807, 2.05) is 0 Å². The molecule has 3 aliphatic rings. The van der Waals surface area contributed by atoms with Crippen molar-refractivity contribution in [1.29, 1.82) is 0 Å². The minimum Gasteiger partial charge on any atom is -0.494 e. The number of aliphatic imine (C=N–C) groups is 2. The van der Waals surface area contributed by atoms with Crippen LogP contribution in [0.1, 0.15) is 307 Å². The van der Waals surface area contributed by atoms with Crippen molar-refractivity contribution in [3.8, 4) is 11.5 Å². The molecule has 2 aromatic heterocycles. The smallest absolute Gasteiger partial charge is 0.119 e. The van der Waals surface area contributed by atoms with Gasteiger partial charge in [0.15, 0.2) is 0 Å². The topological polar surface area (TPSA) is 74.8 Å². The van der Waals surface area contributed by atoms with E-state index in [0.717, 1.165) is 140 Å². The van der Waals surface area contributed by atoms with E-state index < -0.39 is 0 Å². The third kappa shape index (κ3) is 18.4. The molecule has 2 aromatic carbocycles. The van der Waals surface area contributed by atoms with Gasteiger partial charge in [0, 0.05) is 33.9 Å². The van der Waals surface area contributed by atoms with Crippen LogP contribution in [0, 0.1) is 0 Å². The second kappa shape index (κ2) is 35.9. The Morgan fingerprint density at radius 1 is 0.329 bits per heavy atom. The van der Waals surface area contributed by atoms with Crippen LogP contribution in [0.5, 0.6) is 11.5 Å². The van der Waals surface area contributed by atoms with Gasteiger partial charge in [-0.25, -0.2) is 4.99 Å². The molecular weight excluding hydrogens is 1000 g/mol. The average molecular weight is 1110 g/mol. The maximum atomic E-state index is 6.41. The van der Waals surface area contributed by atoms with Crippen molar-refractivity contribution in [2.24, 2.45) is 9.98 Å². The lowest BCUT2D eigenvalue weighted by Gasteiger charge is -2.35. The number of aromatic amines is 2. The SMILES string of the molecule is CCCCCCCCCCCCCCCCOc1ccc(/C2=C3\C=CC(=N3)C(CCC)(CCC)c3ccc([nH]3)C(CCC)(CCC)c3ccc([nH]3)/C(c3ccc(OCCCCCCCCCCCCCCCC)cc3)=C3/C=CC2=N3)cc1. The number of nitrogens with zero attached hydrogens (tertiary/aromatic N) is 2. The number of fused-ring (bicyclic) bond motifs is 6. The number of hydrogen-bond acceptors (Lipinski definition) is 4. The standard InChI is InChI=1S/C76H112N4O2/c1-7-13-15-17-19-21-23-25-27-29-31-33-35-37-59-81-63-43-39-61(40-44-63)73-65-47-48-66(77-65)74(62-41-45-64(46-42-62)82-60-38-36-34-32-30-28-26-24-22-20-18-16-14-8-2)68-50-52-70(79-68)76(57-11-5,58-12-6)72-54-53-71(80-72)75(55-9-3,56-10-4)69-51-49-67(73)78-69/h39-54,78,80H,7-38,55-60H2,1-6H3/b73-65-,74-68-. The van der Waals surface area contributed by atoms with Gasteiger partial charge in [0.2, 0.25) is 0 Å². The van der Waals surface area contributed by atoms with Crippen molar-refractivity contribution >= 4 is 22.6 Å². The van der Waals surface area contributed by atoms with Crippen LogP contribution in [-0.2, 0) is 10.8 Å². The van der Waals surface area contributed by atoms with Crippen molar-refractivity contribution in [3.05, 3.63) is 142 Å². The zero-order valence-corrected chi connectivity index (χ0v) is 52.8. The molecule has 448 valence electrons. The molecule has 0 aliphatic carbocycles. The Bertz CT molecular complexity index is 2620. The van der Waals surface area contributed by atoms with E-state index in [1.165, 1.54) is 184 Å². The quantitative estimate of drug-likeness (QED) is 0.0434. The molecule has 0 spiro atoms. The highest BCUT2D eigenvalue weighted by atomic mass is 16.5. The van der Waals surface area contributed by atoms with Gasteiger partial charge in [-0.2, -0.15) is 0 Å². The molecule has 0 amide bonds. The summed E-state index contributed by atoms with van der Waals surface area (Å²) in [6.07, 6.45) is 55.3. The van der Waals surface area contributed by atoms with Crippen LogP contribution in [0.2, 0.25) is 0 Å². The molecule has 0 fully saturated rings. The minimum atomic E-state index is -0.258. The van der Waals surface area contributed by atoms with Gasteiger partial charge < -0.3 is 19.4 Å². The van der Waals surface area contributed by atoms with Gasteiger partial charge in [-0.3, -0.25) is 4.99 Å². The third-order valence-electron chi connectivity index (χ3n) is 18.3. The number of allylic oxidation sites excluding steroid dienone is 5. The van der Waals surface area contributed by atoms with Gasteiger partial charge in [0.1, 0.15) is 11.5 Å². The Morgan fingerprint density at radius 3 is 1.15 bits per heavy atom. The molecule has 6 nitrogen and oxygen atoms in total. The monoisotopic (exact) mass is 1110 g/mol. The predicted octanol–water partition coefficient (Wildman–Crippen LogP) is 23.0. The molecule has 6 heteroatoms. The average Bonchev–Trinajstić information content (AvgIpc) is 3.36. The molecule has 5 heterocycles. The van der Waals surface area contributed by atoms with Crippen molar-refractivity contribution in [2.75, 3.05) is 13.2 Å². The molecule has 7 rings (SSSR count). The fraction of sp³-hybridized carbons (Fsp3) is 0.605. The van der Waals surface area contributed by atoms with Crippen molar-refractivity contribution in [2.45, 2.75) is 284 Å². The number of unbranched alkanes of at least 4 members (excludes halogenated alkanes) is 26. The van der Waals surface area contributed by atoms with Crippen molar-refractivity contribution < 1.29 is 9.47 Å². The molecule has 0 atom stereocenters. The van der Waals surface area contributed by atoms with Gasteiger partial charge in [0.25, 0.3) is 0 Å². The first-order chi connectivity index (χ1) is 40.4. The maximum absolute atomic E-state index is 6.41. The Morgan fingerprint density at radius 2 is 0.695 bits per heavy atom. The molecule has 2 N–H and O–H groups in total. The second-order valence-corrected chi connectivity index (χ2v) is 24.9. The molecule has 0 saturated heterocycles. The molecular formula is C76H112N4O2. The second-order valence-electron chi connectivity index (χ2n) is 24.9. The third-order valence-corrected chi connectivity index (χ3v) is 18.3. The molecule has 0 saturated carbocycles. The van der Waals surface area contributed by atoms with Crippen LogP contribution < -0.4 is 9.47 Å². The summed E-state index contributed by atoms with van der Waals surface area (Å²) in [4.78, 5) is 19.7. The van der Waals surface area contributed by atoms with E-state index in [4.69, 9.17) is 19.5 Å². The lowest BCUT2D eigenvalue weighted by molar-refractivity contribution is 0.304. The van der Waals surface area contributed by atoms with E-state index in [1.54, 1.807) is 0 Å². The Balaban J connectivity index is 1.10. The fourth-order valence-corrected chi connectivity index (χ4v) is 13.8. The molecule has 82 heavy (non-hydrogen) atoms.